The highest BCUT2D eigenvalue weighted by molar-refractivity contribution is 8.26. The van der Waals surface area contributed by atoms with E-state index in [0.29, 0.717) is 5.57 Å². The average molecular weight is 494 g/mol. The Bertz CT molecular complexity index is 1400. The van der Waals surface area contributed by atoms with Gasteiger partial charge in [0.2, 0.25) is 5.12 Å². The zero-order valence-electron chi connectivity index (χ0n) is 19.4. The van der Waals surface area contributed by atoms with E-state index >= 15 is 0 Å². The fourth-order valence-electron chi connectivity index (χ4n) is 4.09. The van der Waals surface area contributed by atoms with E-state index in [0.717, 1.165) is 28.5 Å². The summed E-state index contributed by atoms with van der Waals surface area (Å²) in [6.07, 6.45) is 4.87. The second-order valence-corrected chi connectivity index (χ2v) is 9.20. The lowest BCUT2D eigenvalue weighted by atomic mass is 9.81. The first-order chi connectivity index (χ1) is 17.6. The molecule has 0 saturated carbocycles. The lowest BCUT2D eigenvalue weighted by molar-refractivity contribution is -0.113. The largest absolute Gasteiger partial charge is 0.468 e. The zero-order chi connectivity index (χ0) is 24.8. The van der Waals surface area contributed by atoms with Crippen LogP contribution in [0.2, 0.25) is 0 Å². The molecule has 0 aliphatic carbocycles. The van der Waals surface area contributed by atoms with Crippen molar-refractivity contribution in [2.24, 2.45) is 4.99 Å². The molecule has 1 atom stereocenters. The first-order valence-electron chi connectivity index (χ1n) is 11.5. The van der Waals surface area contributed by atoms with Crippen molar-refractivity contribution in [2.45, 2.75) is 18.6 Å². The lowest BCUT2D eigenvalue weighted by Gasteiger charge is -2.27. The predicted molar refractivity (Wildman–Crippen MR) is 141 cm³/mol. The summed E-state index contributed by atoms with van der Waals surface area (Å²) in [6.45, 7) is 0.290. The molecule has 0 saturated heterocycles. The molecule has 1 aliphatic rings. The monoisotopic (exact) mass is 493 g/mol. The Kier molecular flexibility index (Phi) is 6.91. The van der Waals surface area contributed by atoms with E-state index in [1.54, 1.807) is 12.3 Å². The molecule has 36 heavy (non-hydrogen) atoms. The number of allylic oxidation sites excluding steroid dienone is 1. The summed E-state index contributed by atoms with van der Waals surface area (Å²) in [5, 5.41) is 4.15. The molecule has 4 aromatic rings. The van der Waals surface area contributed by atoms with E-state index in [1.165, 1.54) is 17.0 Å². The molecule has 0 unspecified atom stereocenters. The molecule has 0 bridgehead atoms. The second-order valence-electron chi connectivity index (χ2n) is 8.28. The van der Waals surface area contributed by atoms with Gasteiger partial charge >= 0.3 is 0 Å². The maximum Gasteiger partial charge on any atom is 0.271 e. The zero-order valence-corrected chi connectivity index (χ0v) is 20.2. The number of aliphatic imine (C=N–C) groups is 1. The molecule has 0 radical (unpaired) electrons. The van der Waals surface area contributed by atoms with Crippen LogP contribution in [0.4, 0.5) is 0 Å². The van der Waals surface area contributed by atoms with Gasteiger partial charge in [0.15, 0.2) is 5.54 Å². The Morgan fingerprint density at radius 2 is 1.53 bits per heavy atom. The fraction of sp³-hybridized carbons (Fsp3) is 0.103. The highest BCUT2D eigenvalue weighted by Gasteiger charge is 2.49. The van der Waals surface area contributed by atoms with Crippen LogP contribution in [0.3, 0.4) is 0 Å². The Morgan fingerprint density at radius 1 is 0.889 bits per heavy atom. The molecule has 5 rings (SSSR count). The molecular formula is C29H23N3O3S. The highest BCUT2D eigenvalue weighted by Crippen LogP contribution is 2.43. The lowest BCUT2D eigenvalue weighted by Crippen LogP contribution is -2.37. The first kappa shape index (κ1) is 23.5. The number of ether oxygens (including phenoxy) is 1. The molecule has 0 N–H and O–H groups in total. The molecule has 0 amide bonds. The highest BCUT2D eigenvalue weighted by atomic mass is 32.2. The SMILES string of the molecule is O=C(/C=C(\c1ccccc1)[C@@]1(Cc2ccccc2)N=C(OCc2ccccc2)SC1=O)n1cccn1. The number of hydrogen-bond donors (Lipinski definition) is 0. The molecule has 0 fully saturated rings. The van der Waals surface area contributed by atoms with E-state index < -0.39 is 5.54 Å². The van der Waals surface area contributed by atoms with Gasteiger partial charge in [-0.3, -0.25) is 9.59 Å². The van der Waals surface area contributed by atoms with Crippen LogP contribution in [-0.2, 0) is 22.6 Å². The van der Waals surface area contributed by atoms with Gasteiger partial charge in [0.25, 0.3) is 11.1 Å². The van der Waals surface area contributed by atoms with Crippen molar-refractivity contribution in [3.63, 3.8) is 0 Å². The molecule has 1 aliphatic heterocycles. The number of hydrogen-bond acceptors (Lipinski definition) is 6. The number of benzene rings is 3. The Balaban J connectivity index is 1.60. The quantitative estimate of drug-likeness (QED) is 0.321. The predicted octanol–water partition coefficient (Wildman–Crippen LogP) is 5.43. The maximum absolute atomic E-state index is 13.8. The third-order valence-electron chi connectivity index (χ3n) is 5.84. The van der Waals surface area contributed by atoms with Crippen LogP contribution in [0.15, 0.2) is 121 Å². The number of aromatic nitrogens is 2. The van der Waals surface area contributed by atoms with Gasteiger partial charge in [-0.15, -0.1) is 0 Å². The standard InChI is InChI=1S/C29H23N3O3S/c33-26(32-18-10-17-30-32)19-25(24-15-8-3-9-16-24)29(20-22-11-4-1-5-12-22)27(34)36-28(31-29)35-21-23-13-6-2-7-14-23/h1-19H,20-21H2/b25-19+/t29-/m1/s1. The van der Waals surface area contributed by atoms with Gasteiger partial charge in [0.05, 0.1) is 0 Å². The third-order valence-corrected chi connectivity index (χ3v) is 6.74. The summed E-state index contributed by atoms with van der Waals surface area (Å²) >= 11 is 0.973. The van der Waals surface area contributed by atoms with Crippen LogP contribution in [-0.4, -0.2) is 31.6 Å². The Morgan fingerprint density at radius 3 is 2.17 bits per heavy atom. The van der Waals surface area contributed by atoms with Crippen LogP contribution in [0.5, 0.6) is 0 Å². The fourth-order valence-corrected chi connectivity index (χ4v) is 4.96. The molecule has 1 aromatic heterocycles. The molecule has 7 heteroatoms. The molecule has 178 valence electrons. The van der Waals surface area contributed by atoms with Crippen molar-refractivity contribution in [1.29, 1.82) is 0 Å². The van der Waals surface area contributed by atoms with Crippen LogP contribution in [0.25, 0.3) is 5.57 Å². The smallest absolute Gasteiger partial charge is 0.271 e. The third kappa shape index (κ3) is 5.06. The molecule has 0 spiro atoms. The number of thioether (sulfide) groups is 1. The minimum atomic E-state index is -1.35. The normalized spacial score (nSPS) is 17.6. The van der Waals surface area contributed by atoms with Crippen LogP contribution >= 0.6 is 11.8 Å². The van der Waals surface area contributed by atoms with Crippen molar-refractivity contribution in [1.82, 2.24) is 9.78 Å². The number of carbonyl (C=O) groups is 2. The van der Waals surface area contributed by atoms with Gasteiger partial charge < -0.3 is 4.74 Å². The topological polar surface area (TPSA) is 73.5 Å². The number of nitrogens with zero attached hydrogens (tertiary/aromatic N) is 3. The summed E-state index contributed by atoms with van der Waals surface area (Å²) in [5.41, 5.74) is 1.79. The van der Waals surface area contributed by atoms with E-state index in [1.807, 2.05) is 91.0 Å². The van der Waals surface area contributed by atoms with Crippen molar-refractivity contribution in [3.8, 4) is 0 Å². The second kappa shape index (κ2) is 10.6. The van der Waals surface area contributed by atoms with E-state index in [4.69, 9.17) is 9.73 Å². The minimum absolute atomic E-state index is 0.196. The summed E-state index contributed by atoms with van der Waals surface area (Å²) in [6, 6.07) is 30.5. The number of carbonyl (C=O) groups excluding carboxylic acids is 2. The van der Waals surface area contributed by atoms with Gasteiger partial charge in [0, 0.05) is 42.2 Å². The van der Waals surface area contributed by atoms with Crippen molar-refractivity contribution in [2.75, 3.05) is 0 Å². The van der Waals surface area contributed by atoms with Crippen LogP contribution in [0, 0.1) is 0 Å². The van der Waals surface area contributed by atoms with Gasteiger partial charge in [0.1, 0.15) is 6.61 Å². The van der Waals surface area contributed by atoms with Crippen LogP contribution in [0.1, 0.15) is 21.5 Å². The summed E-state index contributed by atoms with van der Waals surface area (Å²) in [4.78, 5) is 31.8. The van der Waals surface area contributed by atoms with Gasteiger partial charge in [-0.05, 0) is 22.8 Å². The van der Waals surface area contributed by atoms with Crippen molar-refractivity contribution >= 4 is 33.6 Å². The first-order valence-corrected chi connectivity index (χ1v) is 12.3. The van der Waals surface area contributed by atoms with E-state index in [-0.39, 0.29) is 29.3 Å². The van der Waals surface area contributed by atoms with Gasteiger partial charge in [-0.25, -0.2) is 9.67 Å². The maximum atomic E-state index is 13.8. The Hall–Kier alpha value is -4.23. The van der Waals surface area contributed by atoms with Gasteiger partial charge in [-0.1, -0.05) is 91.0 Å². The van der Waals surface area contributed by atoms with Crippen LogP contribution < -0.4 is 0 Å². The van der Waals surface area contributed by atoms with Crippen molar-refractivity contribution in [3.05, 3.63) is 132 Å². The van der Waals surface area contributed by atoms with Gasteiger partial charge in [-0.2, -0.15) is 5.10 Å². The minimum Gasteiger partial charge on any atom is -0.468 e. The summed E-state index contributed by atoms with van der Waals surface area (Å²) < 4.78 is 7.22. The number of rotatable bonds is 7. The van der Waals surface area contributed by atoms with E-state index in [9.17, 15) is 9.59 Å². The molecular weight excluding hydrogens is 470 g/mol. The molecule has 6 nitrogen and oxygen atoms in total. The van der Waals surface area contributed by atoms with Crippen molar-refractivity contribution < 1.29 is 14.3 Å². The van der Waals surface area contributed by atoms with E-state index in [2.05, 4.69) is 5.10 Å². The summed E-state index contributed by atoms with van der Waals surface area (Å²) in [7, 11) is 0. The Labute approximate surface area is 213 Å². The molecule has 2 heterocycles. The summed E-state index contributed by atoms with van der Waals surface area (Å²) in [5.74, 6) is -0.363. The molecule has 3 aromatic carbocycles. The average Bonchev–Trinajstić information content (AvgIpc) is 3.57.